The first-order valence-electron chi connectivity index (χ1n) is 13.6. The van der Waals surface area contributed by atoms with Gasteiger partial charge in [-0.15, -0.1) is 0 Å². The van der Waals surface area contributed by atoms with E-state index in [4.69, 9.17) is 9.47 Å². The van der Waals surface area contributed by atoms with E-state index in [0.29, 0.717) is 5.92 Å². The van der Waals surface area contributed by atoms with Crippen LogP contribution in [-0.4, -0.2) is 50.5 Å². The average Bonchev–Trinajstić information content (AvgIpc) is 3.40. The van der Waals surface area contributed by atoms with Crippen molar-refractivity contribution in [2.75, 3.05) is 40.5 Å². The van der Waals surface area contributed by atoms with Crippen molar-refractivity contribution in [2.45, 2.75) is 64.7 Å². The van der Waals surface area contributed by atoms with Crippen LogP contribution < -0.4 is 9.47 Å². The molecule has 4 heteroatoms. The zero-order valence-corrected chi connectivity index (χ0v) is 22.1. The van der Waals surface area contributed by atoms with Crippen molar-refractivity contribution in [3.05, 3.63) is 65.2 Å². The van der Waals surface area contributed by atoms with Crippen molar-refractivity contribution in [1.29, 1.82) is 0 Å². The number of hydrogen-bond acceptors (Lipinski definition) is 4. The van der Waals surface area contributed by atoms with Gasteiger partial charge in [-0.3, -0.25) is 0 Å². The molecule has 0 amide bonds. The summed E-state index contributed by atoms with van der Waals surface area (Å²) in [7, 11) is 4.18. The summed E-state index contributed by atoms with van der Waals surface area (Å²) in [5.74, 6) is 2.45. The molecule has 0 bridgehead atoms. The van der Waals surface area contributed by atoms with Gasteiger partial charge >= 0.3 is 0 Å². The number of nitrogens with zero attached hydrogens (tertiary/aromatic N) is 1. The van der Waals surface area contributed by atoms with Gasteiger partial charge in [-0.05, 0) is 99.5 Å². The number of ether oxygens (including phenoxy) is 2. The lowest BCUT2D eigenvalue weighted by molar-refractivity contribution is 0.281. The van der Waals surface area contributed by atoms with Gasteiger partial charge in [0.25, 0.3) is 0 Å². The Kier molecular flexibility index (Phi) is 11.7. The highest BCUT2D eigenvalue weighted by Crippen LogP contribution is 2.41. The lowest BCUT2D eigenvalue weighted by Crippen LogP contribution is -2.15. The number of aliphatic hydroxyl groups is 1. The minimum atomic E-state index is 0.230. The fraction of sp³-hybridized carbons (Fsp3) is 0.548. The lowest BCUT2D eigenvalue weighted by atomic mass is 9.83. The third-order valence-corrected chi connectivity index (χ3v) is 6.84. The van der Waals surface area contributed by atoms with E-state index < -0.39 is 0 Å². The van der Waals surface area contributed by atoms with Crippen molar-refractivity contribution in [1.82, 2.24) is 4.90 Å². The zero-order chi connectivity index (χ0) is 24.9. The molecule has 1 saturated carbocycles. The highest BCUT2D eigenvalue weighted by molar-refractivity contribution is 5.83. The van der Waals surface area contributed by atoms with Crippen LogP contribution in [0.4, 0.5) is 0 Å². The number of hydrogen-bond donors (Lipinski definition) is 1. The van der Waals surface area contributed by atoms with Gasteiger partial charge in [0, 0.05) is 13.2 Å². The lowest BCUT2D eigenvalue weighted by Gasteiger charge is -2.22. The maximum atomic E-state index is 9.63. The van der Waals surface area contributed by atoms with E-state index in [1.54, 1.807) is 0 Å². The Morgan fingerprint density at radius 1 is 0.829 bits per heavy atom. The molecule has 0 radical (unpaired) electrons. The molecule has 1 aliphatic carbocycles. The Balaban J connectivity index is 1.89. The molecule has 192 valence electrons. The van der Waals surface area contributed by atoms with Crippen LogP contribution >= 0.6 is 0 Å². The van der Waals surface area contributed by atoms with E-state index in [9.17, 15) is 5.11 Å². The molecule has 0 atom stereocenters. The normalized spacial score (nSPS) is 14.9. The highest BCUT2D eigenvalue weighted by Gasteiger charge is 2.24. The number of allylic oxidation sites excluding steroid dienone is 1. The minimum Gasteiger partial charge on any atom is -0.494 e. The fourth-order valence-electron chi connectivity index (χ4n) is 4.96. The number of rotatable bonds is 15. The molecule has 1 aliphatic rings. The number of benzene rings is 2. The van der Waals surface area contributed by atoms with Gasteiger partial charge in [0.15, 0.2) is 0 Å². The van der Waals surface area contributed by atoms with Gasteiger partial charge in [0.1, 0.15) is 11.5 Å². The Morgan fingerprint density at radius 2 is 1.37 bits per heavy atom. The van der Waals surface area contributed by atoms with Gasteiger partial charge in [0.2, 0.25) is 0 Å². The molecule has 3 rings (SSSR count). The molecule has 0 heterocycles. The van der Waals surface area contributed by atoms with Gasteiger partial charge in [-0.25, -0.2) is 0 Å². The molecule has 35 heavy (non-hydrogen) atoms. The van der Waals surface area contributed by atoms with Crippen LogP contribution in [0, 0.1) is 5.92 Å². The molecule has 4 nitrogen and oxygen atoms in total. The van der Waals surface area contributed by atoms with E-state index in [-0.39, 0.29) is 6.61 Å². The summed E-state index contributed by atoms with van der Waals surface area (Å²) in [6.45, 7) is 4.93. The molecule has 0 aromatic heterocycles. The summed E-state index contributed by atoms with van der Waals surface area (Å²) in [5, 5.41) is 9.63. The Labute approximate surface area is 213 Å². The monoisotopic (exact) mass is 479 g/mol. The summed E-state index contributed by atoms with van der Waals surface area (Å²) >= 11 is 0. The predicted molar refractivity (Wildman–Crippen MR) is 146 cm³/mol. The van der Waals surface area contributed by atoms with E-state index in [0.717, 1.165) is 63.4 Å². The Morgan fingerprint density at radius 3 is 1.86 bits per heavy atom. The molecular formula is C31H45NO3. The van der Waals surface area contributed by atoms with Crippen LogP contribution in [0.25, 0.3) is 5.57 Å². The van der Waals surface area contributed by atoms with Gasteiger partial charge in [-0.1, -0.05) is 56.0 Å². The van der Waals surface area contributed by atoms with Crippen LogP contribution in [0.1, 0.15) is 75.8 Å². The van der Waals surface area contributed by atoms with Crippen LogP contribution in [0.15, 0.2) is 54.1 Å². The van der Waals surface area contributed by atoms with Crippen LogP contribution in [0.3, 0.4) is 0 Å². The molecule has 0 spiro atoms. The second-order valence-corrected chi connectivity index (χ2v) is 9.96. The second-order valence-electron chi connectivity index (χ2n) is 9.96. The first-order chi connectivity index (χ1) is 17.1. The van der Waals surface area contributed by atoms with E-state index in [1.807, 2.05) is 0 Å². The van der Waals surface area contributed by atoms with Crippen molar-refractivity contribution < 1.29 is 14.6 Å². The molecule has 1 N–H and O–H groups in total. The number of unbranched alkanes of at least 4 members (excludes halogenated alkanes) is 1. The first kappa shape index (κ1) is 27.3. The standard InChI is InChI=1S/C31H45NO3/c1-4-5-23-34-28-17-13-26(14-18-28)31(30(12-8-22-33)25-10-6-7-11-25)27-15-19-29(20-16-27)35-24-9-21-32(2)3/h13-20,25,33H,4-12,21-24H2,1-3H3/b31-30+. The van der Waals surface area contributed by atoms with Crippen molar-refractivity contribution in [2.24, 2.45) is 5.92 Å². The summed E-state index contributed by atoms with van der Waals surface area (Å²) in [4.78, 5) is 2.18. The van der Waals surface area contributed by atoms with Crippen molar-refractivity contribution in [3.8, 4) is 11.5 Å². The molecule has 2 aromatic carbocycles. The van der Waals surface area contributed by atoms with Gasteiger partial charge < -0.3 is 19.5 Å². The molecule has 2 aromatic rings. The molecule has 1 fully saturated rings. The Bertz CT molecular complexity index is 880. The van der Waals surface area contributed by atoms with Gasteiger partial charge in [0.05, 0.1) is 13.2 Å². The van der Waals surface area contributed by atoms with Crippen molar-refractivity contribution in [3.63, 3.8) is 0 Å². The summed E-state index contributed by atoms with van der Waals surface area (Å²) in [6, 6.07) is 17.2. The SMILES string of the molecule is CCCCOc1ccc(/C(=C(/CCCO)C2CCCC2)c2ccc(OCCCN(C)C)cc2)cc1. The summed E-state index contributed by atoms with van der Waals surface area (Å²) in [6.07, 6.45) is 10.0. The average molecular weight is 480 g/mol. The number of aliphatic hydroxyl groups excluding tert-OH is 1. The highest BCUT2D eigenvalue weighted by atomic mass is 16.5. The fourth-order valence-corrected chi connectivity index (χ4v) is 4.96. The maximum Gasteiger partial charge on any atom is 0.119 e. The molecule has 0 unspecified atom stereocenters. The Hall–Kier alpha value is -2.30. The summed E-state index contributed by atoms with van der Waals surface area (Å²) in [5.41, 5.74) is 5.28. The van der Waals surface area contributed by atoms with Gasteiger partial charge in [-0.2, -0.15) is 0 Å². The maximum absolute atomic E-state index is 9.63. The molecular weight excluding hydrogens is 434 g/mol. The van der Waals surface area contributed by atoms with Crippen LogP contribution in [0.5, 0.6) is 11.5 Å². The van der Waals surface area contributed by atoms with Crippen molar-refractivity contribution >= 4 is 5.57 Å². The third-order valence-electron chi connectivity index (χ3n) is 6.84. The largest absolute Gasteiger partial charge is 0.494 e. The third kappa shape index (κ3) is 8.70. The quantitative estimate of drug-likeness (QED) is 0.280. The van der Waals surface area contributed by atoms with Crippen LogP contribution in [0.2, 0.25) is 0 Å². The van der Waals surface area contributed by atoms with E-state index >= 15 is 0 Å². The van der Waals surface area contributed by atoms with E-state index in [2.05, 4.69) is 74.4 Å². The predicted octanol–water partition coefficient (Wildman–Crippen LogP) is 6.96. The topological polar surface area (TPSA) is 41.9 Å². The second kappa shape index (κ2) is 15.0. The van der Waals surface area contributed by atoms with Crippen LogP contribution in [-0.2, 0) is 0 Å². The summed E-state index contributed by atoms with van der Waals surface area (Å²) < 4.78 is 11.9. The minimum absolute atomic E-state index is 0.230. The zero-order valence-electron chi connectivity index (χ0n) is 22.1. The smallest absolute Gasteiger partial charge is 0.119 e. The molecule has 0 saturated heterocycles. The van der Waals surface area contributed by atoms with E-state index in [1.165, 1.54) is 48.0 Å². The molecule has 0 aliphatic heterocycles. The first-order valence-corrected chi connectivity index (χ1v) is 13.6.